The molecule has 1 saturated heterocycles. The van der Waals surface area contributed by atoms with Crippen molar-refractivity contribution in [2.45, 2.75) is 70.7 Å². The third-order valence-corrected chi connectivity index (χ3v) is 8.39. The minimum absolute atomic E-state index is 0.0296. The zero-order valence-corrected chi connectivity index (χ0v) is 22.9. The molecule has 0 aromatic heterocycles. The Labute approximate surface area is 232 Å². The smallest absolute Gasteiger partial charge is 0.418 e. The Kier molecular flexibility index (Phi) is 7.39. The van der Waals surface area contributed by atoms with Crippen LogP contribution in [0.1, 0.15) is 56.7 Å². The largest absolute Gasteiger partial charge is 0.427 e. The van der Waals surface area contributed by atoms with E-state index in [-0.39, 0.29) is 42.4 Å². The average Bonchev–Trinajstić information content (AvgIpc) is 3.67. The lowest BCUT2D eigenvalue weighted by Gasteiger charge is -2.29. The zero-order valence-electron chi connectivity index (χ0n) is 22.9. The number of nitrogens with two attached hydrogens (primary N) is 1. The molecule has 4 amide bonds. The molecular weight excluding hydrogens is 515 g/mol. The van der Waals surface area contributed by atoms with E-state index in [0.717, 1.165) is 23.3 Å². The highest BCUT2D eigenvalue weighted by molar-refractivity contribution is 6.07. The van der Waals surface area contributed by atoms with Gasteiger partial charge in [-0.3, -0.25) is 14.4 Å². The zero-order chi connectivity index (χ0) is 28.8. The standard InChI is InChI=1S/C30H35FN4O5/c1-16(2)24(32)26(36)34-22-10-11-23-20(14-22)12-13-30(23)28(38)35(29(39)40-30)25(17(3)19-6-7-19)27(37)33-15-18-4-8-21(31)9-5-18/h4-5,8-11,14,16-17,19,24-25H,6-7,12-13,15,32H2,1-3H3,(H,33,37)(H,34,36)/t17?,24?,25?,30-/m1/s1. The second-order valence-electron chi connectivity index (χ2n) is 11.5. The molecule has 4 N–H and O–H groups in total. The van der Waals surface area contributed by atoms with E-state index >= 15 is 0 Å². The van der Waals surface area contributed by atoms with Crippen LogP contribution in [0.25, 0.3) is 0 Å². The lowest BCUT2D eigenvalue weighted by Crippen LogP contribution is -2.54. The minimum atomic E-state index is -1.51. The second-order valence-corrected chi connectivity index (χ2v) is 11.5. The molecule has 1 aliphatic heterocycles. The van der Waals surface area contributed by atoms with Crippen LogP contribution in [0.5, 0.6) is 0 Å². The first-order valence-electron chi connectivity index (χ1n) is 13.8. The molecule has 0 bridgehead atoms. The summed E-state index contributed by atoms with van der Waals surface area (Å²) in [7, 11) is 0. The molecule has 10 heteroatoms. The van der Waals surface area contributed by atoms with Gasteiger partial charge >= 0.3 is 6.09 Å². The molecule has 3 aliphatic rings. The number of halogens is 1. The van der Waals surface area contributed by atoms with Crippen LogP contribution in [-0.2, 0) is 37.7 Å². The SMILES string of the molecule is CC(C)C(N)C(=O)Nc1ccc2c(c1)CC[C@@]21OC(=O)N(C(C(=O)NCc2ccc(F)cc2)C(C)C2CC2)C1=O. The van der Waals surface area contributed by atoms with Crippen LogP contribution in [0.3, 0.4) is 0 Å². The Morgan fingerprint density at radius 2 is 1.80 bits per heavy atom. The molecule has 5 rings (SSSR count). The molecule has 0 radical (unpaired) electrons. The van der Waals surface area contributed by atoms with E-state index in [2.05, 4.69) is 10.6 Å². The van der Waals surface area contributed by atoms with Crippen molar-refractivity contribution in [2.24, 2.45) is 23.5 Å². The molecule has 2 aromatic rings. The first-order chi connectivity index (χ1) is 19.0. The summed E-state index contributed by atoms with van der Waals surface area (Å²) >= 11 is 0. The summed E-state index contributed by atoms with van der Waals surface area (Å²) in [5, 5.41) is 5.65. The van der Waals surface area contributed by atoms with Gasteiger partial charge in [-0.25, -0.2) is 14.1 Å². The first-order valence-corrected chi connectivity index (χ1v) is 13.8. The van der Waals surface area contributed by atoms with Gasteiger partial charge in [-0.05, 0) is 72.4 Å². The highest BCUT2D eigenvalue weighted by Gasteiger charge is 2.61. The van der Waals surface area contributed by atoms with E-state index in [4.69, 9.17) is 10.5 Å². The van der Waals surface area contributed by atoms with Crippen molar-refractivity contribution in [1.29, 1.82) is 0 Å². The molecule has 3 unspecified atom stereocenters. The maximum atomic E-state index is 14.0. The van der Waals surface area contributed by atoms with Gasteiger partial charge in [-0.2, -0.15) is 0 Å². The Morgan fingerprint density at radius 3 is 2.45 bits per heavy atom. The molecule has 1 heterocycles. The highest BCUT2D eigenvalue weighted by Crippen LogP contribution is 2.48. The van der Waals surface area contributed by atoms with Crippen LogP contribution in [0.15, 0.2) is 42.5 Å². The predicted molar refractivity (Wildman–Crippen MR) is 145 cm³/mol. The van der Waals surface area contributed by atoms with Gasteiger partial charge < -0.3 is 21.1 Å². The van der Waals surface area contributed by atoms with Gasteiger partial charge in [0, 0.05) is 24.2 Å². The topological polar surface area (TPSA) is 131 Å². The molecule has 2 aromatic carbocycles. The molecule has 2 fully saturated rings. The van der Waals surface area contributed by atoms with Crippen LogP contribution in [-0.4, -0.2) is 40.8 Å². The van der Waals surface area contributed by atoms with Crippen LogP contribution in [0.4, 0.5) is 14.9 Å². The highest BCUT2D eigenvalue weighted by atomic mass is 19.1. The van der Waals surface area contributed by atoms with Crippen molar-refractivity contribution in [1.82, 2.24) is 10.2 Å². The number of nitrogens with one attached hydrogen (secondary N) is 2. The molecular formula is C30H35FN4O5. The van der Waals surface area contributed by atoms with E-state index in [9.17, 15) is 23.6 Å². The number of fused-ring (bicyclic) bond motifs is 2. The Balaban J connectivity index is 1.37. The number of anilines is 1. The van der Waals surface area contributed by atoms with E-state index in [1.54, 1.807) is 30.3 Å². The minimum Gasteiger partial charge on any atom is -0.427 e. The van der Waals surface area contributed by atoms with Crippen LogP contribution >= 0.6 is 0 Å². The number of hydrogen-bond acceptors (Lipinski definition) is 6. The summed E-state index contributed by atoms with van der Waals surface area (Å²) in [6.45, 7) is 5.74. The first kappa shape index (κ1) is 27.8. The fraction of sp³-hybridized carbons (Fsp3) is 0.467. The maximum absolute atomic E-state index is 14.0. The predicted octanol–water partition coefficient (Wildman–Crippen LogP) is 3.60. The fourth-order valence-corrected chi connectivity index (χ4v) is 5.70. The summed E-state index contributed by atoms with van der Waals surface area (Å²) in [5.41, 5.74) is 7.03. The Hall–Kier alpha value is -3.79. The third-order valence-electron chi connectivity index (χ3n) is 8.39. The van der Waals surface area contributed by atoms with E-state index in [0.29, 0.717) is 23.2 Å². The van der Waals surface area contributed by atoms with Gasteiger partial charge in [0.05, 0.1) is 6.04 Å². The number of rotatable bonds is 9. The molecule has 4 atom stereocenters. The fourth-order valence-electron chi connectivity index (χ4n) is 5.70. The Morgan fingerprint density at radius 1 is 1.10 bits per heavy atom. The molecule has 2 aliphatic carbocycles. The lowest BCUT2D eigenvalue weighted by molar-refractivity contribution is -0.143. The van der Waals surface area contributed by atoms with Crippen LogP contribution < -0.4 is 16.4 Å². The van der Waals surface area contributed by atoms with Crippen molar-refractivity contribution in [3.8, 4) is 0 Å². The number of imide groups is 1. The lowest BCUT2D eigenvalue weighted by atomic mass is 9.91. The number of carbonyl (C=O) groups excluding carboxylic acids is 4. The van der Waals surface area contributed by atoms with Crippen LogP contribution in [0.2, 0.25) is 0 Å². The molecule has 1 spiro atoms. The van der Waals surface area contributed by atoms with Crippen molar-refractivity contribution in [3.05, 3.63) is 65.0 Å². The number of nitrogens with zero attached hydrogens (tertiary/aromatic N) is 1. The molecule has 40 heavy (non-hydrogen) atoms. The van der Waals surface area contributed by atoms with Crippen molar-refractivity contribution < 1.29 is 28.3 Å². The van der Waals surface area contributed by atoms with Gasteiger partial charge in [0.1, 0.15) is 11.9 Å². The van der Waals surface area contributed by atoms with Crippen molar-refractivity contribution in [2.75, 3.05) is 5.32 Å². The number of benzene rings is 2. The maximum Gasteiger partial charge on any atom is 0.418 e. The third kappa shape index (κ3) is 5.08. The van der Waals surface area contributed by atoms with Gasteiger partial charge in [-0.15, -0.1) is 0 Å². The van der Waals surface area contributed by atoms with Gasteiger partial charge in [-0.1, -0.05) is 39.0 Å². The number of hydrogen-bond donors (Lipinski definition) is 3. The summed E-state index contributed by atoms with van der Waals surface area (Å²) in [6, 6.07) is 9.20. The van der Waals surface area contributed by atoms with Gasteiger partial charge in [0.25, 0.3) is 5.91 Å². The summed E-state index contributed by atoms with van der Waals surface area (Å²) in [5.74, 6) is -1.76. The molecule has 212 valence electrons. The number of carbonyl (C=O) groups is 4. The molecule has 9 nitrogen and oxygen atoms in total. The quantitative estimate of drug-likeness (QED) is 0.437. The van der Waals surface area contributed by atoms with Gasteiger partial charge in [0.2, 0.25) is 17.4 Å². The summed E-state index contributed by atoms with van der Waals surface area (Å²) < 4.78 is 19.1. The number of aryl methyl sites for hydroxylation is 1. The summed E-state index contributed by atoms with van der Waals surface area (Å²) in [4.78, 5) is 54.2. The summed E-state index contributed by atoms with van der Waals surface area (Å²) in [6.07, 6.45) is 1.70. The van der Waals surface area contributed by atoms with E-state index in [1.807, 2.05) is 20.8 Å². The monoisotopic (exact) mass is 550 g/mol. The van der Waals surface area contributed by atoms with Gasteiger partial charge in [0.15, 0.2) is 0 Å². The number of ether oxygens (including phenoxy) is 1. The number of amides is 4. The van der Waals surface area contributed by atoms with Crippen molar-refractivity contribution >= 4 is 29.5 Å². The Bertz CT molecular complexity index is 1340. The normalized spacial score (nSPS) is 22.2. The molecule has 1 saturated carbocycles. The van der Waals surface area contributed by atoms with Crippen molar-refractivity contribution in [3.63, 3.8) is 0 Å². The second kappa shape index (κ2) is 10.6. The van der Waals surface area contributed by atoms with E-state index in [1.165, 1.54) is 12.1 Å². The average molecular weight is 551 g/mol. The van der Waals surface area contributed by atoms with E-state index < -0.39 is 35.6 Å². The van der Waals surface area contributed by atoms with Crippen LogP contribution in [0, 0.1) is 23.6 Å².